The zero-order chi connectivity index (χ0) is 97.3. The van der Waals surface area contributed by atoms with Gasteiger partial charge in [0.25, 0.3) is 0 Å². The van der Waals surface area contributed by atoms with E-state index < -0.39 is 123 Å². The lowest BCUT2D eigenvalue weighted by atomic mass is 9.95. The highest BCUT2D eigenvalue weighted by molar-refractivity contribution is 7.49. The molecule has 137 heavy (non-hydrogen) atoms. The van der Waals surface area contributed by atoms with E-state index in [1.54, 1.807) is 60.7 Å². The third-order valence-corrected chi connectivity index (χ3v) is 27.1. The van der Waals surface area contributed by atoms with E-state index in [0.29, 0.717) is 43.6 Å². The van der Waals surface area contributed by atoms with Gasteiger partial charge in [0.05, 0.1) is 51.2 Å². The van der Waals surface area contributed by atoms with Gasteiger partial charge in [-0.25, -0.2) is 14.2 Å². The molecular formula is C111H166Cl3N2O20P. The Labute approximate surface area is 836 Å². The zero-order valence-corrected chi connectivity index (χ0v) is 86.1. The summed E-state index contributed by atoms with van der Waals surface area (Å²) >= 11 is 19.0. The first-order chi connectivity index (χ1) is 67.0. The summed E-state index contributed by atoms with van der Waals surface area (Å²) in [7, 11) is -3.46. The number of aliphatic hydroxyl groups excluding tert-OH is 1. The Morgan fingerprint density at radius 3 is 1.23 bits per heavy atom. The van der Waals surface area contributed by atoms with E-state index in [4.69, 9.17) is 105 Å². The first-order valence-electron chi connectivity index (χ1n) is 52.2. The van der Waals surface area contributed by atoms with Crippen molar-refractivity contribution in [3.8, 4) is 11.5 Å². The SMILES string of the molecule is CCCCCCCCCCCCO[C@H](CCCCCCCCCCC)CCO[C@@H]1[C@@H](NC(=O)OCC(Cl)(Cl)Cl)[C@H](OC[C@H]2O[C@H](OCC(=O)OC(c3ccccc3)c3ccccc3)[C@H](NC(=O)C[C@@H](CCCCCCCCCCC)OCc3ccccc3)[C@@H](OCC[C@@H](CCCCCCCCCCC)OCc3ccccc3)[C@@H]2O)O[C@H](COC)[C@H]1OP(=O)(Oc1ccccc1)Oc1ccccc1. The number of unbranched alkanes of at least 4 members (excludes halogenated alkanes) is 33. The van der Waals surface area contributed by atoms with Crippen molar-refractivity contribution in [2.45, 2.75) is 406 Å². The Bertz CT molecular complexity index is 3970. The number of phosphoric acid groups is 1. The molecule has 2 fully saturated rings. The topological polar surface area (TPSA) is 251 Å². The second kappa shape index (κ2) is 71.2. The molecule has 0 spiro atoms. The summed E-state index contributed by atoms with van der Waals surface area (Å²) in [4.78, 5) is 45.3. The van der Waals surface area contributed by atoms with Gasteiger partial charge in [-0.05, 0) is 85.0 Å². The average molecular weight is 1990 g/mol. The number of hydrogen-bond donors (Lipinski definition) is 3. The largest absolute Gasteiger partial charge is 0.588 e. The van der Waals surface area contributed by atoms with Gasteiger partial charge in [-0.3, -0.25) is 9.32 Å². The lowest BCUT2D eigenvalue weighted by Crippen LogP contribution is -2.68. The maximum absolute atomic E-state index is 16.1. The first kappa shape index (κ1) is 116. The molecule has 13 atom stereocenters. The van der Waals surface area contributed by atoms with Crippen molar-refractivity contribution in [2.24, 2.45) is 0 Å². The smallest absolute Gasteiger partial charge is 0.451 e. The number of alkyl halides is 3. The monoisotopic (exact) mass is 1980 g/mol. The molecule has 26 heteroatoms. The number of ether oxygens (including phenoxy) is 12. The number of alkyl carbamates (subject to hydrolysis) is 1. The minimum Gasteiger partial charge on any atom is -0.451 e. The van der Waals surface area contributed by atoms with E-state index in [1.165, 1.54) is 148 Å². The van der Waals surface area contributed by atoms with E-state index in [2.05, 4.69) is 38.3 Å². The van der Waals surface area contributed by atoms with E-state index in [0.717, 1.165) is 120 Å². The molecule has 0 bridgehead atoms. The van der Waals surface area contributed by atoms with Gasteiger partial charge in [0.1, 0.15) is 73.4 Å². The highest BCUT2D eigenvalue weighted by atomic mass is 35.6. The van der Waals surface area contributed by atoms with Crippen LogP contribution in [-0.4, -0.2) is 160 Å². The number of phosphoric ester groups is 1. The lowest BCUT2D eigenvalue weighted by molar-refractivity contribution is -0.308. The number of halogens is 3. The number of para-hydroxylation sites is 2. The van der Waals surface area contributed by atoms with Crippen LogP contribution in [0.1, 0.15) is 332 Å². The van der Waals surface area contributed by atoms with Gasteiger partial charge in [-0.2, -0.15) is 0 Å². The van der Waals surface area contributed by atoms with Gasteiger partial charge in [0.15, 0.2) is 18.7 Å². The van der Waals surface area contributed by atoms with Gasteiger partial charge in [0, 0.05) is 26.9 Å². The van der Waals surface area contributed by atoms with Crippen LogP contribution in [0, 0.1) is 0 Å². The number of amides is 2. The van der Waals surface area contributed by atoms with Gasteiger partial charge in [0.2, 0.25) is 9.70 Å². The summed E-state index contributed by atoms with van der Waals surface area (Å²) in [6.07, 6.45) is 29.9. The molecule has 6 aromatic carbocycles. The van der Waals surface area contributed by atoms with Crippen LogP contribution in [0.3, 0.4) is 0 Å². The standard InChI is InChI=1S/C111H166Cl3N2O20P/c1-6-10-14-18-22-26-30-34-38-60-78-123-92(69-53-35-31-27-23-19-15-11-7-2)76-80-125-107-102(116-110(120)130-87-111(112,113)114)109(132-98(84-122-5)105(107)136-137(121,134-94-71-56-43-57-72-94)135-95-73-58-44-59-74-95)128-85-97-103(119)106(124-79-77-93(126-82-88-61-45-39-46-62-88)70-54-36-32-28-24-20-16-12-8-3)101(108(131-97)129-86-100(118)133-104(90-65-49-41-50-66-90)91-67-51-42-52-68-91)115-99(117)81-96(127-83-89-63-47-40-48-64-89)75-55-37-33-29-25-21-17-13-9-4/h39-52,56-59,61-68,71-74,92-93,96-98,101-109,119H,6-38,53-55,60,69-70,75-87H2,1-5H3,(H,115,117)(H,116,120)/t92-,93-,96-,97-,98-,101-,102-,103-,105-,106-,107-,108+,109-/m1/s1. The summed E-state index contributed by atoms with van der Waals surface area (Å²) in [5, 5.41) is 19.7. The Hall–Kier alpha value is -6.25. The fraction of sp³-hybridized carbons (Fsp3) is 0.649. The van der Waals surface area contributed by atoms with Gasteiger partial charge >= 0.3 is 19.9 Å². The summed E-state index contributed by atoms with van der Waals surface area (Å²) in [6, 6.07) is 52.6. The summed E-state index contributed by atoms with van der Waals surface area (Å²) in [5.74, 6) is -0.958. The minimum atomic E-state index is -4.92. The van der Waals surface area contributed by atoms with Crippen molar-refractivity contribution in [1.29, 1.82) is 0 Å². The molecule has 0 saturated carbocycles. The number of esters is 1. The normalized spacial score (nSPS) is 19.2. The Kier molecular flexibility index (Phi) is 60.3. The highest BCUT2D eigenvalue weighted by Crippen LogP contribution is 2.53. The number of nitrogens with one attached hydrogen (secondary N) is 2. The van der Waals surface area contributed by atoms with Crippen molar-refractivity contribution >= 4 is 60.6 Å². The first-order valence-corrected chi connectivity index (χ1v) is 54.8. The van der Waals surface area contributed by atoms with Crippen molar-refractivity contribution in [3.05, 3.63) is 204 Å². The number of hydrogen-bond acceptors (Lipinski definition) is 20. The van der Waals surface area contributed by atoms with Crippen molar-refractivity contribution in [2.75, 3.05) is 53.4 Å². The highest BCUT2D eigenvalue weighted by Gasteiger charge is 2.55. The predicted octanol–water partition coefficient (Wildman–Crippen LogP) is 27.6. The summed E-state index contributed by atoms with van der Waals surface area (Å²) in [5.41, 5.74) is 3.37. The van der Waals surface area contributed by atoms with E-state index >= 15 is 9.36 Å². The Balaban J connectivity index is 1.19. The quantitative estimate of drug-likeness (QED) is 0.0139. The number of carbonyl (C=O) groups is 3. The average Bonchev–Trinajstić information content (AvgIpc) is 0.770. The predicted molar refractivity (Wildman–Crippen MR) is 546 cm³/mol. The molecule has 2 heterocycles. The molecule has 8 rings (SSSR count). The molecule has 2 saturated heterocycles. The van der Waals surface area contributed by atoms with Crippen LogP contribution in [0.15, 0.2) is 182 Å². The maximum atomic E-state index is 16.1. The molecule has 0 radical (unpaired) electrons. The van der Waals surface area contributed by atoms with Crippen molar-refractivity contribution < 1.29 is 94.5 Å². The molecule has 6 aromatic rings. The van der Waals surface area contributed by atoms with E-state index in [9.17, 15) is 14.7 Å². The van der Waals surface area contributed by atoms with Gasteiger partial charge < -0.3 is 81.6 Å². The molecule has 0 aromatic heterocycles. The number of rotatable bonds is 78. The minimum absolute atomic E-state index is 0.00787. The van der Waals surface area contributed by atoms with E-state index in [-0.39, 0.29) is 56.6 Å². The third kappa shape index (κ3) is 49.1. The number of carbonyl (C=O) groups excluding carboxylic acids is 3. The second-order valence-electron chi connectivity index (χ2n) is 37.0. The Morgan fingerprint density at radius 2 is 0.788 bits per heavy atom. The van der Waals surface area contributed by atoms with Crippen LogP contribution < -0.4 is 19.7 Å². The second-order valence-corrected chi connectivity index (χ2v) is 41.0. The zero-order valence-electron chi connectivity index (χ0n) is 83.0. The molecule has 2 amide bonds. The van der Waals surface area contributed by atoms with Crippen LogP contribution in [0.4, 0.5) is 4.79 Å². The van der Waals surface area contributed by atoms with Gasteiger partial charge in [-0.1, -0.05) is 451 Å². The lowest BCUT2D eigenvalue weighted by Gasteiger charge is -2.47. The van der Waals surface area contributed by atoms with Crippen LogP contribution in [0.25, 0.3) is 0 Å². The Morgan fingerprint density at radius 1 is 0.409 bits per heavy atom. The van der Waals surface area contributed by atoms with Crippen LogP contribution in [0.2, 0.25) is 0 Å². The number of benzene rings is 6. The number of aliphatic hydroxyl groups is 1. The molecule has 3 N–H and O–H groups in total. The van der Waals surface area contributed by atoms with Crippen LogP contribution in [-0.2, 0) is 88.7 Å². The van der Waals surface area contributed by atoms with Crippen molar-refractivity contribution in [3.63, 3.8) is 0 Å². The van der Waals surface area contributed by atoms with Gasteiger partial charge in [-0.15, -0.1) is 0 Å². The van der Waals surface area contributed by atoms with E-state index in [1.807, 2.05) is 121 Å². The molecule has 2 aliphatic rings. The number of methoxy groups -OCH3 is 1. The molecule has 0 aliphatic carbocycles. The molecular weight excluding hydrogens is 1820 g/mol. The van der Waals surface area contributed by atoms with Crippen molar-refractivity contribution in [1.82, 2.24) is 10.6 Å². The summed E-state index contributed by atoms with van der Waals surface area (Å²) < 4.78 is 114. The summed E-state index contributed by atoms with van der Waals surface area (Å²) in [6.45, 7) is 7.78. The molecule has 0 unspecified atom stereocenters. The molecule has 766 valence electrons. The third-order valence-electron chi connectivity index (χ3n) is 25.4. The maximum Gasteiger partial charge on any atom is 0.588 e. The fourth-order valence-corrected chi connectivity index (χ4v) is 19.3. The molecule has 22 nitrogen and oxygen atoms in total. The molecule has 2 aliphatic heterocycles. The fourth-order valence-electron chi connectivity index (χ4n) is 17.7. The van der Waals surface area contributed by atoms with Crippen LogP contribution >= 0.6 is 42.6 Å². The van der Waals surface area contributed by atoms with Crippen LogP contribution in [0.5, 0.6) is 11.5 Å².